The normalized spacial score (nSPS) is 12.4. The highest BCUT2D eigenvalue weighted by Crippen LogP contribution is 2.40. The van der Waals surface area contributed by atoms with Gasteiger partial charge in [0.1, 0.15) is 17.2 Å². The Morgan fingerprint density at radius 3 is 2.27 bits per heavy atom. The van der Waals surface area contributed by atoms with E-state index in [1.54, 1.807) is 54.0 Å². The van der Waals surface area contributed by atoms with Crippen molar-refractivity contribution < 1.29 is 35.9 Å². The molecule has 0 bridgehead atoms. The van der Waals surface area contributed by atoms with E-state index in [1.165, 1.54) is 12.1 Å². The van der Waals surface area contributed by atoms with Crippen LogP contribution in [-0.4, -0.2) is 38.1 Å². The largest absolute Gasteiger partial charge is 0.573 e. The second kappa shape index (κ2) is 10.9. The van der Waals surface area contributed by atoms with E-state index in [4.69, 9.17) is 10.5 Å². The summed E-state index contributed by atoms with van der Waals surface area (Å²) in [6.45, 7) is 5.62. The van der Waals surface area contributed by atoms with Gasteiger partial charge in [-0.05, 0) is 66.6 Å². The molecule has 0 radical (unpaired) electrons. The van der Waals surface area contributed by atoms with Gasteiger partial charge in [-0.15, -0.1) is 13.2 Å². The summed E-state index contributed by atoms with van der Waals surface area (Å²) in [4.78, 5) is 12.5. The van der Waals surface area contributed by atoms with Crippen molar-refractivity contribution >= 4 is 48.5 Å². The Balaban J connectivity index is 1.91. The monoisotopic (exact) mass is 653 g/mol. The van der Waals surface area contributed by atoms with E-state index in [0.29, 0.717) is 32.2 Å². The Morgan fingerprint density at radius 1 is 1.00 bits per heavy atom. The number of benzene rings is 3. The van der Waals surface area contributed by atoms with Gasteiger partial charge in [0.15, 0.2) is 0 Å². The van der Waals surface area contributed by atoms with Gasteiger partial charge in [-0.2, -0.15) is 0 Å². The highest BCUT2D eigenvalue weighted by Gasteiger charge is 2.33. The molecule has 0 saturated heterocycles. The van der Waals surface area contributed by atoms with Crippen LogP contribution >= 0.6 is 15.9 Å². The number of fused-ring (bicyclic) bond motifs is 1. The van der Waals surface area contributed by atoms with Gasteiger partial charge < -0.3 is 19.8 Å². The zero-order valence-electron chi connectivity index (χ0n) is 22.5. The van der Waals surface area contributed by atoms with Crippen molar-refractivity contribution in [1.82, 2.24) is 4.57 Å². The van der Waals surface area contributed by atoms with Gasteiger partial charge >= 0.3 is 6.36 Å². The number of hydrogen-bond donors (Lipinski definition) is 2. The Hall–Kier alpha value is -3.71. The first-order valence-electron chi connectivity index (χ1n) is 12.3. The summed E-state index contributed by atoms with van der Waals surface area (Å²) in [5.74, 6) is -0.913. The number of nitrogens with one attached hydrogen (secondary N) is 1. The van der Waals surface area contributed by atoms with E-state index in [-0.39, 0.29) is 23.7 Å². The average Bonchev–Trinajstić information content (AvgIpc) is 3.21. The van der Waals surface area contributed by atoms with Crippen LogP contribution < -0.4 is 19.9 Å². The summed E-state index contributed by atoms with van der Waals surface area (Å²) in [6.07, 6.45) is -3.86. The van der Waals surface area contributed by atoms with Crippen LogP contribution in [-0.2, 0) is 15.4 Å². The molecule has 3 N–H and O–H groups in total. The number of ether oxygens (including phenoxy) is 2. The van der Waals surface area contributed by atoms with E-state index in [9.17, 15) is 26.4 Å². The summed E-state index contributed by atoms with van der Waals surface area (Å²) in [5, 5.41) is 0.636. The molecule has 4 aromatic rings. The lowest BCUT2D eigenvalue weighted by molar-refractivity contribution is -0.274. The van der Waals surface area contributed by atoms with Crippen molar-refractivity contribution in [2.75, 3.05) is 17.6 Å². The van der Waals surface area contributed by atoms with Crippen molar-refractivity contribution in [3.63, 3.8) is 0 Å². The lowest BCUT2D eigenvalue weighted by Gasteiger charge is -2.28. The van der Waals surface area contributed by atoms with Crippen molar-refractivity contribution in [3.05, 3.63) is 82.0 Å². The average molecular weight is 655 g/mol. The van der Waals surface area contributed by atoms with Crippen LogP contribution in [0.5, 0.6) is 11.5 Å². The number of amides is 1. The van der Waals surface area contributed by atoms with Crippen molar-refractivity contribution in [2.45, 2.75) is 32.5 Å². The molecule has 0 saturated carbocycles. The van der Waals surface area contributed by atoms with Crippen LogP contribution in [0.25, 0.3) is 16.6 Å². The molecule has 3 aromatic carbocycles. The zero-order valence-corrected chi connectivity index (χ0v) is 24.9. The number of primary amides is 1. The van der Waals surface area contributed by atoms with Crippen LogP contribution in [0.3, 0.4) is 0 Å². The van der Waals surface area contributed by atoms with Crippen LogP contribution in [0.1, 0.15) is 42.4 Å². The number of sulfonamides is 1. The minimum absolute atomic E-state index is 0.151. The van der Waals surface area contributed by atoms with Gasteiger partial charge in [-0.1, -0.05) is 35.8 Å². The summed E-state index contributed by atoms with van der Waals surface area (Å²) in [5.41, 5.74) is 7.46. The van der Waals surface area contributed by atoms with E-state index in [1.807, 2.05) is 19.9 Å². The van der Waals surface area contributed by atoms with Crippen molar-refractivity contribution in [3.8, 4) is 17.2 Å². The first kappa shape index (κ1) is 30.3. The number of carbonyl (C=O) groups is 1. The van der Waals surface area contributed by atoms with E-state index < -0.39 is 33.5 Å². The molecule has 0 atom stereocenters. The van der Waals surface area contributed by atoms with Gasteiger partial charge in [0.2, 0.25) is 10.0 Å². The Morgan fingerprint density at radius 2 is 1.66 bits per heavy atom. The maximum atomic E-state index is 13.1. The molecule has 13 heteroatoms. The zero-order chi connectivity index (χ0) is 30.3. The number of hydrogen-bond acceptors (Lipinski definition) is 5. The van der Waals surface area contributed by atoms with Crippen molar-refractivity contribution in [2.24, 2.45) is 5.73 Å². The number of alkyl halides is 3. The quantitative estimate of drug-likeness (QED) is 0.215. The van der Waals surface area contributed by atoms with Gasteiger partial charge in [-0.25, -0.2) is 8.42 Å². The number of carbonyl (C=O) groups excluding carboxylic acids is 1. The van der Waals surface area contributed by atoms with Crippen LogP contribution in [0.4, 0.5) is 18.9 Å². The third-order valence-electron chi connectivity index (χ3n) is 6.37. The summed E-state index contributed by atoms with van der Waals surface area (Å²) in [6, 6.07) is 15.9. The fourth-order valence-electron chi connectivity index (χ4n) is 4.54. The molecular formula is C28H27BrF3N3O5S. The molecule has 41 heavy (non-hydrogen) atoms. The van der Waals surface area contributed by atoms with Crippen LogP contribution in [0.15, 0.2) is 65.1 Å². The molecule has 0 aliphatic heterocycles. The highest BCUT2D eigenvalue weighted by atomic mass is 79.9. The van der Waals surface area contributed by atoms with Gasteiger partial charge in [0, 0.05) is 27.0 Å². The number of anilines is 1. The van der Waals surface area contributed by atoms with Gasteiger partial charge in [0.25, 0.3) is 5.91 Å². The summed E-state index contributed by atoms with van der Waals surface area (Å²) in [7, 11) is -3.57. The van der Waals surface area contributed by atoms with E-state index in [2.05, 4.69) is 25.4 Å². The molecule has 0 unspecified atom stereocenters. The molecule has 1 aromatic heterocycles. The van der Waals surface area contributed by atoms with Gasteiger partial charge in [0.05, 0.1) is 24.1 Å². The molecule has 0 aliphatic carbocycles. The molecule has 0 aliphatic rings. The smallest absolute Gasteiger partial charge is 0.494 e. The molecule has 4 rings (SSSR count). The predicted molar refractivity (Wildman–Crippen MR) is 154 cm³/mol. The number of nitrogens with zero attached hydrogens (tertiary/aromatic N) is 1. The first-order valence-corrected chi connectivity index (χ1v) is 14.9. The Kier molecular flexibility index (Phi) is 8.07. The summed E-state index contributed by atoms with van der Waals surface area (Å²) >= 11 is 3.52. The van der Waals surface area contributed by atoms with Crippen LogP contribution in [0.2, 0.25) is 0 Å². The van der Waals surface area contributed by atoms with Gasteiger partial charge in [-0.3, -0.25) is 9.52 Å². The number of halogens is 4. The second-order valence-electron chi connectivity index (χ2n) is 9.87. The highest BCUT2D eigenvalue weighted by molar-refractivity contribution is 9.10. The van der Waals surface area contributed by atoms with E-state index in [0.717, 1.165) is 6.26 Å². The topological polar surface area (TPSA) is 113 Å². The second-order valence-corrected chi connectivity index (χ2v) is 12.5. The maximum absolute atomic E-state index is 13.1. The SMILES string of the molecule is CCOc1cc(OC(F)(F)F)cc(C(C)(C)c2cc(Br)cc(-n3c(C(N)=O)cc4ccc(NS(C)(=O)=O)cc43)c2)c1. The third-order valence-corrected chi connectivity index (χ3v) is 7.43. The maximum Gasteiger partial charge on any atom is 0.573 e. The fourth-order valence-corrected chi connectivity index (χ4v) is 5.58. The minimum Gasteiger partial charge on any atom is -0.494 e. The predicted octanol–water partition coefficient (Wildman–Crippen LogP) is 6.49. The molecule has 0 spiro atoms. The molecule has 218 valence electrons. The minimum atomic E-state index is -4.89. The number of aromatic nitrogens is 1. The Labute approximate surface area is 243 Å². The van der Waals surface area contributed by atoms with E-state index >= 15 is 0 Å². The van der Waals surface area contributed by atoms with Crippen LogP contribution in [0, 0.1) is 0 Å². The lowest BCUT2D eigenvalue weighted by Crippen LogP contribution is -2.22. The molecule has 1 amide bonds. The molecule has 1 heterocycles. The number of nitrogens with two attached hydrogens (primary N) is 1. The number of rotatable bonds is 9. The lowest BCUT2D eigenvalue weighted by atomic mass is 9.78. The fraction of sp³-hybridized carbons (Fsp3) is 0.250. The first-order chi connectivity index (χ1) is 19.0. The Bertz CT molecular complexity index is 1750. The molecular weight excluding hydrogens is 627 g/mol. The summed E-state index contributed by atoms with van der Waals surface area (Å²) < 4.78 is 77.2. The van der Waals surface area contributed by atoms with Crippen molar-refractivity contribution in [1.29, 1.82) is 0 Å². The standard InChI is InChI=1S/C28H27BrF3N3O5S/c1-5-39-22-11-18(12-23(15-22)40-28(30,31)32)27(2,3)17-9-19(29)13-21(10-17)35-24-14-20(34-41(4,37)38)7-6-16(24)8-25(35)26(33)36/h6-15,34H,5H2,1-4H3,(H2,33,36). The molecule has 8 nitrogen and oxygen atoms in total. The molecule has 0 fully saturated rings. The third kappa shape index (κ3) is 6.96.